The summed E-state index contributed by atoms with van der Waals surface area (Å²) < 4.78 is 15.2. The van der Waals surface area contributed by atoms with Crippen molar-refractivity contribution in [3.05, 3.63) is 88.0 Å². The van der Waals surface area contributed by atoms with Crippen molar-refractivity contribution in [2.75, 3.05) is 0 Å². The highest BCUT2D eigenvalue weighted by Crippen LogP contribution is 2.21. The Morgan fingerprint density at radius 3 is 2.56 bits per heavy atom. The Morgan fingerprint density at radius 1 is 1.16 bits per heavy atom. The van der Waals surface area contributed by atoms with Crippen molar-refractivity contribution in [3.63, 3.8) is 0 Å². The molecule has 0 spiro atoms. The van der Waals surface area contributed by atoms with Gasteiger partial charge in [0.1, 0.15) is 11.0 Å². The van der Waals surface area contributed by atoms with Crippen LogP contribution in [-0.2, 0) is 13.1 Å². The number of carbonyl (C=O) groups is 1. The second-order valence-electron chi connectivity index (χ2n) is 5.67. The lowest BCUT2D eigenvalue weighted by molar-refractivity contribution is 0.0950. The summed E-state index contributed by atoms with van der Waals surface area (Å²) in [5.41, 5.74) is 2.30. The summed E-state index contributed by atoms with van der Waals surface area (Å²) in [7, 11) is 0. The lowest BCUT2D eigenvalue weighted by Crippen LogP contribution is -2.24. The van der Waals surface area contributed by atoms with Crippen molar-refractivity contribution in [3.8, 4) is 0 Å². The molecule has 0 unspecified atom stereocenters. The quantitative estimate of drug-likeness (QED) is 0.751. The van der Waals surface area contributed by atoms with E-state index in [4.69, 9.17) is 11.6 Å². The Morgan fingerprint density at radius 2 is 1.84 bits per heavy atom. The number of rotatable bonds is 5. The first-order valence-electron chi connectivity index (χ1n) is 7.84. The van der Waals surface area contributed by atoms with Gasteiger partial charge in [0, 0.05) is 12.1 Å². The van der Waals surface area contributed by atoms with Gasteiger partial charge in [0.05, 0.1) is 17.8 Å². The van der Waals surface area contributed by atoms with Gasteiger partial charge in [-0.3, -0.25) is 4.79 Å². The zero-order valence-electron chi connectivity index (χ0n) is 13.7. The van der Waals surface area contributed by atoms with E-state index in [1.165, 1.54) is 6.07 Å². The molecule has 1 amide bonds. The fraction of sp³-hybridized carbons (Fsp3) is 0.158. The van der Waals surface area contributed by atoms with Crippen LogP contribution in [0.3, 0.4) is 0 Å². The summed E-state index contributed by atoms with van der Waals surface area (Å²) in [5.74, 6) is -0.726. The van der Waals surface area contributed by atoms with Crippen molar-refractivity contribution in [1.29, 1.82) is 0 Å². The molecule has 0 aliphatic heterocycles. The fourth-order valence-electron chi connectivity index (χ4n) is 2.58. The van der Waals surface area contributed by atoms with Gasteiger partial charge in [0.25, 0.3) is 5.91 Å². The monoisotopic (exact) mass is 357 g/mol. The van der Waals surface area contributed by atoms with Crippen LogP contribution < -0.4 is 5.32 Å². The Labute approximate surface area is 150 Å². The molecule has 3 rings (SSSR count). The molecule has 1 N–H and O–H groups in total. The summed E-state index contributed by atoms with van der Waals surface area (Å²) in [6.45, 7) is 2.29. The standard InChI is InChI=1S/C19H17ClFN3O/c1-13-17(19(25)22-11-15-9-5-6-10-16(15)21)18(20)24(23-13)12-14-7-3-2-4-8-14/h2-10H,11-12H2,1H3,(H,22,25). The SMILES string of the molecule is Cc1nn(Cc2ccccc2)c(Cl)c1C(=O)NCc1ccccc1F. The molecule has 0 aliphatic carbocycles. The summed E-state index contributed by atoms with van der Waals surface area (Å²) in [6.07, 6.45) is 0. The molecule has 0 aliphatic rings. The lowest BCUT2D eigenvalue weighted by atomic mass is 10.2. The third-order valence-corrected chi connectivity index (χ3v) is 4.25. The van der Waals surface area contributed by atoms with Gasteiger partial charge in [-0.2, -0.15) is 5.10 Å². The summed E-state index contributed by atoms with van der Waals surface area (Å²) in [4.78, 5) is 12.5. The highest BCUT2D eigenvalue weighted by molar-refractivity contribution is 6.33. The summed E-state index contributed by atoms with van der Waals surface area (Å²) >= 11 is 6.35. The molecule has 2 aromatic carbocycles. The van der Waals surface area contributed by atoms with E-state index in [0.29, 0.717) is 23.4 Å². The first kappa shape index (κ1) is 17.2. The molecule has 0 fully saturated rings. The van der Waals surface area contributed by atoms with E-state index in [-0.39, 0.29) is 23.4 Å². The summed E-state index contributed by atoms with van der Waals surface area (Å²) in [6, 6.07) is 16.0. The minimum absolute atomic E-state index is 0.0884. The van der Waals surface area contributed by atoms with Gasteiger partial charge in [-0.15, -0.1) is 0 Å². The van der Waals surface area contributed by atoms with Gasteiger partial charge in [-0.25, -0.2) is 9.07 Å². The Balaban J connectivity index is 1.76. The zero-order chi connectivity index (χ0) is 17.8. The molecule has 0 radical (unpaired) electrons. The number of carbonyl (C=O) groups excluding carboxylic acids is 1. The van der Waals surface area contributed by atoms with Crippen LogP contribution in [0.2, 0.25) is 5.15 Å². The molecule has 0 bridgehead atoms. The maximum absolute atomic E-state index is 13.7. The molecule has 6 heteroatoms. The largest absolute Gasteiger partial charge is 0.348 e. The Hall–Kier alpha value is -2.66. The van der Waals surface area contributed by atoms with Gasteiger partial charge in [0.15, 0.2) is 0 Å². The van der Waals surface area contributed by atoms with Crippen molar-refractivity contribution in [2.24, 2.45) is 0 Å². The third kappa shape index (κ3) is 3.88. The number of hydrogen-bond acceptors (Lipinski definition) is 2. The smallest absolute Gasteiger partial charge is 0.256 e. The molecular weight excluding hydrogens is 341 g/mol. The van der Waals surface area contributed by atoms with Crippen molar-refractivity contribution < 1.29 is 9.18 Å². The minimum Gasteiger partial charge on any atom is -0.348 e. The average molecular weight is 358 g/mol. The molecule has 25 heavy (non-hydrogen) atoms. The molecule has 0 saturated heterocycles. The second-order valence-corrected chi connectivity index (χ2v) is 6.03. The van der Waals surface area contributed by atoms with Crippen molar-refractivity contribution >= 4 is 17.5 Å². The van der Waals surface area contributed by atoms with Crippen LogP contribution in [0, 0.1) is 12.7 Å². The van der Waals surface area contributed by atoms with E-state index in [0.717, 1.165) is 5.56 Å². The molecule has 0 atom stereocenters. The number of amides is 1. The van der Waals surface area contributed by atoms with Gasteiger partial charge in [-0.1, -0.05) is 60.1 Å². The molecule has 1 heterocycles. The first-order chi connectivity index (χ1) is 12.1. The van der Waals surface area contributed by atoms with Crippen LogP contribution in [-0.4, -0.2) is 15.7 Å². The van der Waals surface area contributed by atoms with E-state index < -0.39 is 0 Å². The van der Waals surface area contributed by atoms with Crippen molar-refractivity contribution in [1.82, 2.24) is 15.1 Å². The molecule has 3 aromatic rings. The van der Waals surface area contributed by atoms with Crippen LogP contribution >= 0.6 is 11.6 Å². The highest BCUT2D eigenvalue weighted by Gasteiger charge is 2.20. The Kier molecular flexibility index (Phi) is 5.14. The normalized spacial score (nSPS) is 10.7. The zero-order valence-corrected chi connectivity index (χ0v) is 14.4. The maximum atomic E-state index is 13.7. The van der Waals surface area contributed by atoms with Crippen LogP contribution in [0.1, 0.15) is 27.2 Å². The molecule has 1 aromatic heterocycles. The average Bonchev–Trinajstić information content (AvgIpc) is 2.88. The fourth-order valence-corrected chi connectivity index (χ4v) is 2.90. The molecular formula is C19H17ClFN3O. The van der Waals surface area contributed by atoms with Crippen LogP contribution in [0.4, 0.5) is 4.39 Å². The first-order valence-corrected chi connectivity index (χ1v) is 8.22. The second kappa shape index (κ2) is 7.49. The van der Waals surface area contributed by atoms with Crippen molar-refractivity contribution in [2.45, 2.75) is 20.0 Å². The number of aromatic nitrogens is 2. The van der Waals surface area contributed by atoms with E-state index >= 15 is 0 Å². The van der Waals surface area contributed by atoms with Gasteiger partial charge in [0.2, 0.25) is 0 Å². The number of halogens is 2. The molecule has 4 nitrogen and oxygen atoms in total. The number of nitrogens with one attached hydrogen (secondary N) is 1. The van der Waals surface area contributed by atoms with Gasteiger partial charge >= 0.3 is 0 Å². The lowest BCUT2D eigenvalue weighted by Gasteiger charge is -2.07. The van der Waals surface area contributed by atoms with Crippen LogP contribution in [0.25, 0.3) is 0 Å². The number of hydrogen-bond donors (Lipinski definition) is 1. The predicted octanol–water partition coefficient (Wildman–Crippen LogP) is 3.96. The summed E-state index contributed by atoms with van der Waals surface area (Å²) in [5, 5.41) is 7.32. The van der Waals surface area contributed by atoms with Gasteiger partial charge in [-0.05, 0) is 18.6 Å². The third-order valence-electron chi connectivity index (χ3n) is 3.86. The van der Waals surface area contributed by atoms with E-state index in [1.807, 2.05) is 30.3 Å². The Bertz CT molecular complexity index is 893. The van der Waals surface area contributed by atoms with E-state index in [1.54, 1.807) is 29.8 Å². The number of aryl methyl sites for hydroxylation is 1. The predicted molar refractivity (Wildman–Crippen MR) is 95.1 cm³/mol. The van der Waals surface area contributed by atoms with Crippen LogP contribution in [0.5, 0.6) is 0 Å². The van der Waals surface area contributed by atoms with Gasteiger partial charge < -0.3 is 5.32 Å². The number of nitrogens with zero attached hydrogens (tertiary/aromatic N) is 2. The van der Waals surface area contributed by atoms with Crippen LogP contribution in [0.15, 0.2) is 54.6 Å². The maximum Gasteiger partial charge on any atom is 0.256 e. The number of benzene rings is 2. The van der Waals surface area contributed by atoms with E-state index in [2.05, 4.69) is 10.4 Å². The molecule has 0 saturated carbocycles. The minimum atomic E-state index is -0.370. The van der Waals surface area contributed by atoms with E-state index in [9.17, 15) is 9.18 Å². The molecule has 128 valence electrons. The topological polar surface area (TPSA) is 46.9 Å². The highest BCUT2D eigenvalue weighted by atomic mass is 35.5.